The highest BCUT2D eigenvalue weighted by Gasteiger charge is 2.06. The molecule has 0 aliphatic heterocycles. The topological polar surface area (TPSA) is 49.8 Å². The van der Waals surface area contributed by atoms with Crippen LogP contribution in [0.4, 0.5) is 0 Å². The van der Waals surface area contributed by atoms with Gasteiger partial charge in [-0.1, -0.05) is 40.3 Å². The van der Waals surface area contributed by atoms with Crippen molar-refractivity contribution in [2.75, 3.05) is 0 Å². The quantitative estimate of drug-likeness (QED) is 0.544. The summed E-state index contributed by atoms with van der Waals surface area (Å²) >= 11 is 3.09. The van der Waals surface area contributed by atoms with E-state index in [9.17, 15) is 0 Å². The van der Waals surface area contributed by atoms with Crippen LogP contribution in [0.5, 0.6) is 0 Å². The van der Waals surface area contributed by atoms with Gasteiger partial charge in [-0.2, -0.15) is 5.26 Å². The summed E-state index contributed by atoms with van der Waals surface area (Å²) in [6.07, 6.45) is 2.33. The highest BCUT2D eigenvalue weighted by molar-refractivity contribution is 7.85. The van der Waals surface area contributed by atoms with Crippen LogP contribution in [0.25, 0.3) is 0 Å². The van der Waals surface area contributed by atoms with E-state index >= 15 is 0 Å². The van der Waals surface area contributed by atoms with E-state index in [0.717, 1.165) is 24.7 Å². The predicted molar refractivity (Wildman–Crippen MR) is 61.5 cm³/mol. The maximum Gasteiger partial charge on any atom is 0.130 e. The van der Waals surface area contributed by atoms with Crippen LogP contribution in [-0.4, -0.2) is 6.04 Å². The molecular formula is C10H22N2S. The van der Waals surface area contributed by atoms with E-state index in [0.29, 0.717) is 6.04 Å². The lowest BCUT2D eigenvalue weighted by atomic mass is 9.97. The highest BCUT2D eigenvalue weighted by atomic mass is 32.1. The molecule has 0 aliphatic carbocycles. The number of hydrogen-bond acceptors (Lipinski definition) is 3. The van der Waals surface area contributed by atoms with Crippen molar-refractivity contribution in [3.05, 3.63) is 0 Å². The molecule has 78 valence electrons. The molecule has 0 atom stereocenters. The molecule has 2 N–H and O–H groups in total. The molecule has 0 unspecified atom stereocenters. The van der Waals surface area contributed by atoms with Crippen molar-refractivity contribution in [2.24, 2.45) is 17.6 Å². The third kappa shape index (κ3) is 18.6. The third-order valence-electron chi connectivity index (χ3n) is 1.55. The van der Waals surface area contributed by atoms with Crippen molar-refractivity contribution in [3.63, 3.8) is 0 Å². The molecule has 0 radical (unpaired) electrons. The summed E-state index contributed by atoms with van der Waals surface area (Å²) in [5.74, 6) is 1.49. The summed E-state index contributed by atoms with van der Waals surface area (Å²) in [7, 11) is 0. The number of thiol groups is 1. The van der Waals surface area contributed by atoms with E-state index in [-0.39, 0.29) is 0 Å². The zero-order valence-corrected chi connectivity index (χ0v) is 10.0. The lowest BCUT2D eigenvalue weighted by molar-refractivity contribution is 0.422. The molecule has 0 saturated heterocycles. The number of nitrogens with zero attached hydrogens (tertiary/aromatic N) is 1. The molecule has 0 aromatic carbocycles. The lowest BCUT2D eigenvalue weighted by Gasteiger charge is -2.15. The fraction of sp³-hybridized carbons (Fsp3) is 0.900. The van der Waals surface area contributed by atoms with Gasteiger partial charge in [0.2, 0.25) is 0 Å². The van der Waals surface area contributed by atoms with Crippen LogP contribution < -0.4 is 5.73 Å². The highest BCUT2D eigenvalue weighted by Crippen LogP contribution is 2.10. The minimum atomic E-state index is 0.417. The Morgan fingerprint density at radius 1 is 1.15 bits per heavy atom. The zero-order valence-electron chi connectivity index (χ0n) is 9.12. The van der Waals surface area contributed by atoms with Crippen molar-refractivity contribution >= 4 is 12.6 Å². The molecule has 0 spiro atoms. The van der Waals surface area contributed by atoms with E-state index in [4.69, 9.17) is 11.0 Å². The Kier molecular flexibility index (Phi) is 11.6. The fourth-order valence-electron chi connectivity index (χ4n) is 1.31. The minimum Gasteiger partial charge on any atom is -0.328 e. The first kappa shape index (κ1) is 15.3. The lowest BCUT2D eigenvalue weighted by Crippen LogP contribution is -2.23. The molecule has 0 bridgehead atoms. The first-order valence-corrected chi connectivity index (χ1v) is 5.17. The Bertz CT molecular complexity index is 128. The first-order valence-electron chi connectivity index (χ1n) is 4.72. The molecule has 13 heavy (non-hydrogen) atoms. The molecule has 3 heteroatoms. The summed E-state index contributed by atoms with van der Waals surface area (Å²) in [5.41, 5.74) is 5.88. The van der Waals surface area contributed by atoms with Crippen molar-refractivity contribution in [1.82, 2.24) is 0 Å². The van der Waals surface area contributed by atoms with Crippen LogP contribution in [0, 0.1) is 22.5 Å². The van der Waals surface area contributed by atoms with Crippen LogP contribution in [0.15, 0.2) is 0 Å². The summed E-state index contributed by atoms with van der Waals surface area (Å²) in [6, 6.07) is 0.417. The van der Waals surface area contributed by atoms with Gasteiger partial charge in [-0.3, -0.25) is 0 Å². The fourth-order valence-corrected chi connectivity index (χ4v) is 1.31. The number of rotatable bonds is 4. The normalized spacial score (nSPS) is 9.85. The monoisotopic (exact) mass is 202 g/mol. The van der Waals surface area contributed by atoms with Crippen LogP contribution in [-0.2, 0) is 0 Å². The Labute approximate surface area is 87.9 Å². The SMILES string of the molecule is CC(C)CC(N)CC(C)C.N#CS. The molecule has 0 aromatic rings. The Morgan fingerprint density at radius 2 is 1.38 bits per heavy atom. The van der Waals surface area contributed by atoms with E-state index in [1.54, 1.807) is 0 Å². The standard InChI is InChI=1S/C9H21N.CHNS/c1-7(2)5-9(10)6-8(3)4;2-1-3/h7-9H,5-6,10H2,1-4H3;3H. The number of nitriles is 1. The second-order valence-corrected chi connectivity index (χ2v) is 4.32. The van der Waals surface area contributed by atoms with Gasteiger partial charge in [0.25, 0.3) is 0 Å². The average Bonchev–Trinajstić information content (AvgIpc) is 1.83. The summed E-state index contributed by atoms with van der Waals surface area (Å²) in [6.45, 7) is 8.89. The van der Waals surface area contributed by atoms with Gasteiger partial charge in [0.15, 0.2) is 0 Å². The maximum absolute atomic E-state index is 7.18. The summed E-state index contributed by atoms with van der Waals surface area (Å²) in [5, 5.41) is 8.63. The van der Waals surface area contributed by atoms with Gasteiger partial charge in [0.1, 0.15) is 5.40 Å². The van der Waals surface area contributed by atoms with Gasteiger partial charge < -0.3 is 5.73 Å². The number of nitrogens with two attached hydrogens (primary N) is 1. The molecule has 0 fully saturated rings. The molecule has 0 aromatic heterocycles. The molecule has 0 amide bonds. The Morgan fingerprint density at radius 3 is 1.54 bits per heavy atom. The first-order chi connectivity index (χ1) is 5.93. The molecular weight excluding hydrogens is 180 g/mol. The summed E-state index contributed by atoms with van der Waals surface area (Å²) in [4.78, 5) is 0. The second kappa shape index (κ2) is 9.88. The van der Waals surface area contributed by atoms with Gasteiger partial charge in [-0.25, -0.2) is 0 Å². The van der Waals surface area contributed by atoms with E-state index in [1.165, 1.54) is 5.40 Å². The van der Waals surface area contributed by atoms with E-state index in [1.807, 2.05) is 0 Å². The molecule has 0 rings (SSSR count). The minimum absolute atomic E-state index is 0.417. The third-order valence-corrected chi connectivity index (χ3v) is 1.55. The predicted octanol–water partition coefficient (Wildman–Crippen LogP) is 2.80. The van der Waals surface area contributed by atoms with Crippen LogP contribution >= 0.6 is 12.6 Å². The van der Waals surface area contributed by atoms with E-state index < -0.39 is 0 Å². The van der Waals surface area contributed by atoms with Crippen molar-refractivity contribution in [1.29, 1.82) is 5.26 Å². The van der Waals surface area contributed by atoms with Gasteiger partial charge in [0.05, 0.1) is 0 Å². The van der Waals surface area contributed by atoms with Crippen LogP contribution in [0.1, 0.15) is 40.5 Å². The van der Waals surface area contributed by atoms with Gasteiger partial charge in [-0.15, -0.1) is 0 Å². The molecule has 2 nitrogen and oxygen atoms in total. The largest absolute Gasteiger partial charge is 0.328 e. The molecule has 0 saturated carbocycles. The zero-order chi connectivity index (χ0) is 10.9. The van der Waals surface area contributed by atoms with Crippen LogP contribution in [0.2, 0.25) is 0 Å². The Hall–Kier alpha value is -0.200. The smallest absolute Gasteiger partial charge is 0.130 e. The van der Waals surface area contributed by atoms with Gasteiger partial charge >= 0.3 is 0 Å². The van der Waals surface area contributed by atoms with Gasteiger partial charge in [-0.05, 0) is 24.7 Å². The second-order valence-electron chi connectivity index (χ2n) is 4.12. The summed E-state index contributed by atoms with van der Waals surface area (Å²) < 4.78 is 0. The maximum atomic E-state index is 7.18. The number of hydrogen-bond donors (Lipinski definition) is 2. The van der Waals surface area contributed by atoms with Crippen molar-refractivity contribution < 1.29 is 0 Å². The van der Waals surface area contributed by atoms with Crippen molar-refractivity contribution in [3.8, 4) is 5.40 Å². The molecule has 0 aliphatic rings. The molecule has 0 heterocycles. The Balaban J connectivity index is 0. The van der Waals surface area contributed by atoms with E-state index in [2.05, 4.69) is 40.3 Å². The van der Waals surface area contributed by atoms with Crippen LogP contribution in [0.3, 0.4) is 0 Å². The number of thiocyanates is 1. The van der Waals surface area contributed by atoms with Gasteiger partial charge in [0, 0.05) is 6.04 Å². The van der Waals surface area contributed by atoms with Crippen molar-refractivity contribution in [2.45, 2.75) is 46.6 Å². The average molecular weight is 202 g/mol.